The third-order valence-corrected chi connectivity index (χ3v) is 4.69. The minimum absolute atomic E-state index is 0.103. The van der Waals surface area contributed by atoms with Gasteiger partial charge in [-0.1, -0.05) is 45.9 Å². The first-order chi connectivity index (χ1) is 9.84. The number of aryl methyl sites for hydroxylation is 2. The Morgan fingerprint density at radius 1 is 1.19 bits per heavy atom. The highest BCUT2D eigenvalue weighted by molar-refractivity contribution is 7.09. The van der Waals surface area contributed by atoms with E-state index in [2.05, 4.69) is 70.4 Å². The van der Waals surface area contributed by atoms with E-state index < -0.39 is 0 Å². The number of nitrogens with one attached hydrogen (secondary N) is 1. The molecule has 0 spiro atoms. The third kappa shape index (κ3) is 3.53. The highest BCUT2D eigenvalue weighted by Gasteiger charge is 2.23. The zero-order valence-electron chi connectivity index (χ0n) is 13.9. The van der Waals surface area contributed by atoms with Gasteiger partial charge < -0.3 is 5.32 Å². The maximum atomic E-state index is 4.92. The van der Waals surface area contributed by atoms with Crippen LogP contribution in [-0.2, 0) is 5.41 Å². The van der Waals surface area contributed by atoms with Crippen molar-refractivity contribution in [3.8, 4) is 0 Å². The van der Waals surface area contributed by atoms with E-state index in [0.29, 0.717) is 0 Å². The molecule has 0 aliphatic heterocycles. The number of rotatable bonds is 4. The van der Waals surface area contributed by atoms with Gasteiger partial charge >= 0.3 is 0 Å². The van der Waals surface area contributed by atoms with Crippen molar-refractivity contribution in [2.45, 2.75) is 53.0 Å². The molecule has 0 saturated carbocycles. The molecule has 2 aromatic rings. The first kappa shape index (κ1) is 16.2. The average molecular weight is 302 g/mol. The first-order valence-corrected chi connectivity index (χ1v) is 8.48. The number of aromatic nitrogens is 1. The predicted octanol–water partition coefficient (Wildman–Crippen LogP) is 4.76. The fourth-order valence-corrected chi connectivity index (χ4v) is 3.69. The van der Waals surface area contributed by atoms with Crippen molar-refractivity contribution in [2.24, 2.45) is 0 Å². The number of hydrogen-bond donors (Lipinski definition) is 1. The molecule has 0 aliphatic rings. The molecule has 3 heteroatoms. The van der Waals surface area contributed by atoms with Crippen LogP contribution < -0.4 is 5.32 Å². The van der Waals surface area contributed by atoms with Gasteiger partial charge in [0, 0.05) is 10.8 Å². The summed E-state index contributed by atoms with van der Waals surface area (Å²) >= 11 is 1.76. The topological polar surface area (TPSA) is 24.9 Å². The maximum Gasteiger partial charge on any atom is 0.114 e. The van der Waals surface area contributed by atoms with Crippen LogP contribution in [0.5, 0.6) is 0 Å². The molecule has 2 nitrogen and oxygen atoms in total. The third-order valence-electron chi connectivity index (χ3n) is 3.78. The lowest BCUT2D eigenvalue weighted by molar-refractivity contribution is 0.561. The van der Waals surface area contributed by atoms with Gasteiger partial charge in [-0.2, -0.15) is 0 Å². The Morgan fingerprint density at radius 2 is 1.81 bits per heavy atom. The number of nitrogens with zero attached hydrogens (tertiary/aromatic N) is 1. The molecule has 1 atom stereocenters. The van der Waals surface area contributed by atoms with Crippen molar-refractivity contribution in [3.05, 3.63) is 51.0 Å². The maximum absolute atomic E-state index is 4.92. The Hall–Kier alpha value is -1.19. The van der Waals surface area contributed by atoms with Gasteiger partial charge in [-0.25, -0.2) is 4.98 Å². The van der Waals surface area contributed by atoms with Gasteiger partial charge in [-0.05, 0) is 37.1 Å². The molecule has 114 valence electrons. The molecular weight excluding hydrogens is 276 g/mol. The van der Waals surface area contributed by atoms with Crippen LogP contribution in [-0.4, -0.2) is 11.5 Å². The minimum Gasteiger partial charge on any atom is -0.305 e. The number of hydrogen-bond acceptors (Lipinski definition) is 3. The molecule has 1 unspecified atom stereocenters. The van der Waals surface area contributed by atoms with Crippen LogP contribution in [0.4, 0.5) is 0 Å². The van der Waals surface area contributed by atoms with E-state index in [-0.39, 0.29) is 11.5 Å². The van der Waals surface area contributed by atoms with E-state index in [1.54, 1.807) is 11.3 Å². The second kappa shape index (κ2) is 6.29. The van der Waals surface area contributed by atoms with E-state index in [4.69, 9.17) is 4.98 Å². The highest BCUT2D eigenvalue weighted by Crippen LogP contribution is 2.32. The summed E-state index contributed by atoms with van der Waals surface area (Å²) in [4.78, 5) is 4.92. The normalized spacial score (nSPS) is 13.4. The van der Waals surface area contributed by atoms with Gasteiger partial charge in [0.15, 0.2) is 0 Å². The van der Waals surface area contributed by atoms with Crippen molar-refractivity contribution in [2.75, 3.05) is 6.54 Å². The van der Waals surface area contributed by atoms with Gasteiger partial charge in [0.25, 0.3) is 0 Å². The summed E-state index contributed by atoms with van der Waals surface area (Å²) in [6, 6.07) is 6.69. The van der Waals surface area contributed by atoms with E-state index in [1.807, 2.05) is 0 Å². The van der Waals surface area contributed by atoms with Crippen LogP contribution in [0.1, 0.15) is 61.1 Å². The van der Waals surface area contributed by atoms with E-state index >= 15 is 0 Å². The molecule has 1 aromatic carbocycles. The van der Waals surface area contributed by atoms with Crippen LogP contribution in [0.3, 0.4) is 0 Å². The lowest BCUT2D eigenvalue weighted by Crippen LogP contribution is -2.24. The molecule has 0 saturated heterocycles. The molecule has 1 heterocycles. The van der Waals surface area contributed by atoms with Crippen molar-refractivity contribution >= 4 is 11.3 Å². The van der Waals surface area contributed by atoms with Crippen LogP contribution in [0.2, 0.25) is 0 Å². The van der Waals surface area contributed by atoms with Gasteiger partial charge in [0.05, 0.1) is 11.7 Å². The number of benzene rings is 1. The van der Waals surface area contributed by atoms with Crippen LogP contribution >= 0.6 is 11.3 Å². The molecule has 0 bridgehead atoms. The molecule has 0 amide bonds. The summed E-state index contributed by atoms with van der Waals surface area (Å²) in [7, 11) is 0. The summed E-state index contributed by atoms with van der Waals surface area (Å²) in [5.41, 5.74) is 5.31. The largest absolute Gasteiger partial charge is 0.305 e. The Morgan fingerprint density at radius 3 is 2.29 bits per heavy atom. The first-order valence-electron chi connectivity index (χ1n) is 7.60. The Labute approximate surface area is 132 Å². The zero-order chi connectivity index (χ0) is 15.6. The van der Waals surface area contributed by atoms with Crippen molar-refractivity contribution in [3.63, 3.8) is 0 Å². The Bertz CT molecular complexity index is 588. The average Bonchev–Trinajstić information content (AvgIpc) is 2.86. The van der Waals surface area contributed by atoms with Crippen molar-refractivity contribution in [1.82, 2.24) is 10.3 Å². The standard InChI is InChI=1S/C18H26N2S/c1-7-19-16(15-12(2)9-8-10-13(15)3)17-20-14(11-21-17)18(4,5)6/h8-11,16,19H,7H2,1-6H3. The smallest absolute Gasteiger partial charge is 0.114 e. The molecule has 21 heavy (non-hydrogen) atoms. The molecular formula is C18H26N2S. The second-order valence-electron chi connectivity index (χ2n) is 6.62. The summed E-state index contributed by atoms with van der Waals surface area (Å²) in [5, 5.41) is 6.98. The van der Waals surface area contributed by atoms with E-state index in [0.717, 1.165) is 6.54 Å². The predicted molar refractivity (Wildman–Crippen MR) is 92.2 cm³/mol. The van der Waals surface area contributed by atoms with E-state index in [1.165, 1.54) is 27.4 Å². The molecule has 0 fully saturated rings. The Balaban J connectivity index is 2.47. The van der Waals surface area contributed by atoms with E-state index in [9.17, 15) is 0 Å². The van der Waals surface area contributed by atoms with Gasteiger partial charge in [-0.3, -0.25) is 0 Å². The zero-order valence-corrected chi connectivity index (χ0v) is 14.8. The second-order valence-corrected chi connectivity index (χ2v) is 7.51. The molecule has 2 rings (SSSR count). The van der Waals surface area contributed by atoms with Gasteiger partial charge in [0.2, 0.25) is 0 Å². The monoisotopic (exact) mass is 302 g/mol. The molecule has 0 aliphatic carbocycles. The van der Waals surface area contributed by atoms with Crippen molar-refractivity contribution < 1.29 is 0 Å². The minimum atomic E-state index is 0.103. The summed E-state index contributed by atoms with van der Waals surface area (Å²) in [5.74, 6) is 0. The summed E-state index contributed by atoms with van der Waals surface area (Å²) < 4.78 is 0. The quantitative estimate of drug-likeness (QED) is 0.881. The van der Waals surface area contributed by atoms with Crippen LogP contribution in [0, 0.1) is 13.8 Å². The summed E-state index contributed by atoms with van der Waals surface area (Å²) in [6.07, 6.45) is 0. The molecule has 0 radical (unpaired) electrons. The fraction of sp³-hybridized carbons (Fsp3) is 0.500. The molecule has 1 N–H and O–H groups in total. The fourth-order valence-electron chi connectivity index (χ4n) is 2.56. The Kier molecular flexibility index (Phi) is 4.84. The van der Waals surface area contributed by atoms with Gasteiger partial charge in [-0.15, -0.1) is 11.3 Å². The van der Waals surface area contributed by atoms with Gasteiger partial charge in [0.1, 0.15) is 5.01 Å². The van der Waals surface area contributed by atoms with Crippen molar-refractivity contribution in [1.29, 1.82) is 0 Å². The SMILES string of the molecule is CCNC(c1nc(C(C)(C)C)cs1)c1c(C)cccc1C. The van der Waals surface area contributed by atoms with Crippen LogP contribution in [0.25, 0.3) is 0 Å². The molecule has 1 aromatic heterocycles. The highest BCUT2D eigenvalue weighted by atomic mass is 32.1. The summed E-state index contributed by atoms with van der Waals surface area (Å²) in [6.45, 7) is 14.1. The lowest BCUT2D eigenvalue weighted by atomic mass is 9.93. The van der Waals surface area contributed by atoms with Crippen LogP contribution in [0.15, 0.2) is 23.6 Å². The lowest BCUT2D eigenvalue weighted by Gasteiger charge is -2.21. The number of thiazole rings is 1.